The Hall–Kier alpha value is -1.48. The van der Waals surface area contributed by atoms with E-state index in [1.54, 1.807) is 6.07 Å². The third-order valence-corrected chi connectivity index (χ3v) is 1.71. The number of nitriles is 1. The van der Waals surface area contributed by atoms with Crippen molar-refractivity contribution < 1.29 is 4.21 Å². The molecule has 0 N–H and O–H groups in total. The van der Waals surface area contributed by atoms with Crippen molar-refractivity contribution in [3.05, 3.63) is 18.2 Å². The Balaban J connectivity index is 3.10. The van der Waals surface area contributed by atoms with Crippen LogP contribution in [0.15, 0.2) is 16.8 Å². The summed E-state index contributed by atoms with van der Waals surface area (Å²) in [5.41, 5.74) is 0.425. The highest BCUT2D eigenvalue weighted by molar-refractivity contribution is 7.92. The fraction of sp³-hybridized carbons (Fsp3) is 0.286. The minimum atomic E-state index is -2.18. The molecular formula is C7H8N4OS. The van der Waals surface area contributed by atoms with E-state index < -0.39 is 9.73 Å². The molecule has 6 heteroatoms. The first-order valence-corrected chi connectivity index (χ1v) is 5.74. The minimum Gasteiger partial charge on any atom is -0.250 e. The molecule has 0 aliphatic heterocycles. The first-order chi connectivity index (χ1) is 6.01. The molecular weight excluding hydrogens is 188 g/mol. The van der Waals surface area contributed by atoms with Crippen molar-refractivity contribution in [2.45, 2.75) is 0 Å². The van der Waals surface area contributed by atoms with Crippen molar-refractivity contribution in [3.63, 3.8) is 0 Å². The smallest absolute Gasteiger partial charge is 0.232 e. The molecule has 1 aromatic rings. The maximum Gasteiger partial charge on any atom is 0.232 e. The highest BCUT2D eigenvalue weighted by Crippen LogP contribution is 2.09. The molecule has 0 radical (unpaired) electrons. The Morgan fingerprint density at radius 1 is 1.46 bits per heavy atom. The Kier molecular flexibility index (Phi) is 2.58. The average Bonchev–Trinajstić information content (AvgIpc) is 2.03. The van der Waals surface area contributed by atoms with Crippen molar-refractivity contribution in [1.82, 2.24) is 9.97 Å². The largest absolute Gasteiger partial charge is 0.250 e. The predicted molar refractivity (Wildman–Crippen MR) is 48.8 cm³/mol. The lowest BCUT2D eigenvalue weighted by atomic mass is 10.5. The number of hydrogen-bond donors (Lipinski definition) is 0. The zero-order valence-corrected chi connectivity index (χ0v) is 8.08. The second kappa shape index (κ2) is 3.49. The van der Waals surface area contributed by atoms with Crippen LogP contribution in [0.5, 0.6) is 0 Å². The lowest BCUT2D eigenvalue weighted by Gasteiger charge is -1.94. The van der Waals surface area contributed by atoms with Crippen LogP contribution in [0.4, 0.5) is 5.69 Å². The summed E-state index contributed by atoms with van der Waals surface area (Å²) in [6.07, 6.45) is 5.78. The van der Waals surface area contributed by atoms with Gasteiger partial charge in [-0.1, -0.05) is 0 Å². The van der Waals surface area contributed by atoms with Gasteiger partial charge >= 0.3 is 0 Å². The Morgan fingerprint density at radius 3 is 2.38 bits per heavy atom. The number of nitrogens with zero attached hydrogens (tertiary/aromatic N) is 4. The topological polar surface area (TPSA) is 79.0 Å². The lowest BCUT2D eigenvalue weighted by molar-refractivity contribution is 0.684. The maximum atomic E-state index is 11.2. The minimum absolute atomic E-state index is 0.0812. The molecule has 0 aromatic carbocycles. The van der Waals surface area contributed by atoms with E-state index in [9.17, 15) is 4.21 Å². The molecule has 1 rings (SSSR count). The zero-order chi connectivity index (χ0) is 9.90. The zero-order valence-electron chi connectivity index (χ0n) is 7.26. The van der Waals surface area contributed by atoms with Gasteiger partial charge in [0.2, 0.25) is 5.82 Å². The van der Waals surface area contributed by atoms with Crippen molar-refractivity contribution in [2.75, 3.05) is 12.5 Å². The highest BCUT2D eigenvalue weighted by atomic mass is 32.2. The van der Waals surface area contributed by atoms with Crippen molar-refractivity contribution in [2.24, 2.45) is 4.36 Å². The first kappa shape index (κ1) is 9.61. The summed E-state index contributed by atoms with van der Waals surface area (Å²) in [6, 6.07) is 1.78. The van der Waals surface area contributed by atoms with E-state index in [2.05, 4.69) is 14.3 Å². The second-order valence-corrected chi connectivity index (χ2v) is 5.19. The summed E-state index contributed by atoms with van der Waals surface area (Å²) in [5, 5.41) is 8.40. The van der Waals surface area contributed by atoms with Crippen LogP contribution in [-0.4, -0.2) is 26.7 Å². The molecule has 1 heterocycles. The van der Waals surface area contributed by atoms with Gasteiger partial charge in [-0.2, -0.15) is 9.62 Å². The van der Waals surface area contributed by atoms with E-state index in [-0.39, 0.29) is 5.82 Å². The number of rotatable bonds is 1. The molecule has 0 spiro atoms. The Labute approximate surface area is 76.6 Å². The van der Waals surface area contributed by atoms with E-state index in [4.69, 9.17) is 5.26 Å². The summed E-state index contributed by atoms with van der Waals surface area (Å²) in [6.45, 7) is 0. The van der Waals surface area contributed by atoms with Gasteiger partial charge < -0.3 is 0 Å². The van der Waals surface area contributed by atoms with Crippen LogP contribution < -0.4 is 0 Å². The maximum absolute atomic E-state index is 11.2. The van der Waals surface area contributed by atoms with Gasteiger partial charge in [0.15, 0.2) is 0 Å². The normalized spacial score (nSPS) is 10.5. The summed E-state index contributed by atoms with van der Waals surface area (Å²) >= 11 is 0. The molecule has 0 bridgehead atoms. The van der Waals surface area contributed by atoms with Gasteiger partial charge in [0.1, 0.15) is 11.8 Å². The Morgan fingerprint density at radius 2 is 2.00 bits per heavy atom. The lowest BCUT2D eigenvalue weighted by Crippen LogP contribution is -1.91. The molecule has 0 atom stereocenters. The van der Waals surface area contributed by atoms with E-state index in [1.807, 2.05) is 0 Å². The van der Waals surface area contributed by atoms with E-state index in [0.29, 0.717) is 5.69 Å². The summed E-state index contributed by atoms with van der Waals surface area (Å²) < 4.78 is 15.1. The molecule has 0 fully saturated rings. The van der Waals surface area contributed by atoms with Gasteiger partial charge in [-0.3, -0.25) is 0 Å². The predicted octanol–water partition coefficient (Wildman–Crippen LogP) is 0.707. The van der Waals surface area contributed by atoms with Crippen molar-refractivity contribution >= 4 is 15.4 Å². The van der Waals surface area contributed by atoms with Crippen LogP contribution in [0, 0.1) is 11.3 Å². The van der Waals surface area contributed by atoms with Gasteiger partial charge in [-0.05, 0) is 0 Å². The van der Waals surface area contributed by atoms with E-state index in [0.717, 1.165) is 0 Å². The molecule has 0 unspecified atom stereocenters. The third-order valence-electron chi connectivity index (χ3n) is 1.06. The molecule has 0 aliphatic rings. The molecule has 0 aliphatic carbocycles. The number of hydrogen-bond acceptors (Lipinski definition) is 5. The average molecular weight is 196 g/mol. The summed E-state index contributed by atoms with van der Waals surface area (Å²) in [5.74, 6) is 0.0812. The van der Waals surface area contributed by atoms with Gasteiger partial charge in [-0.15, -0.1) is 0 Å². The first-order valence-electron chi connectivity index (χ1n) is 3.40. The quantitative estimate of drug-likeness (QED) is 0.662. The molecule has 13 heavy (non-hydrogen) atoms. The van der Waals surface area contributed by atoms with Crippen LogP contribution in [0.2, 0.25) is 0 Å². The molecule has 1 aromatic heterocycles. The monoisotopic (exact) mass is 196 g/mol. The van der Waals surface area contributed by atoms with E-state index in [1.165, 1.54) is 24.9 Å². The third kappa shape index (κ3) is 3.17. The Bertz CT molecular complexity index is 442. The van der Waals surface area contributed by atoms with Gasteiger partial charge in [0, 0.05) is 22.2 Å². The standard InChI is InChI=1S/C7H8N4OS/c1-13(2,12)11-6-4-9-7(3-8)10-5-6/h4-5H,1-2H3. The molecule has 0 amide bonds. The fourth-order valence-corrected chi connectivity index (χ4v) is 1.28. The molecule has 5 nitrogen and oxygen atoms in total. The van der Waals surface area contributed by atoms with E-state index >= 15 is 0 Å². The van der Waals surface area contributed by atoms with Gasteiger partial charge in [0.05, 0.1) is 12.4 Å². The van der Waals surface area contributed by atoms with Crippen LogP contribution >= 0.6 is 0 Å². The van der Waals surface area contributed by atoms with Crippen molar-refractivity contribution in [3.8, 4) is 6.07 Å². The highest BCUT2D eigenvalue weighted by Gasteiger charge is 1.96. The number of aromatic nitrogens is 2. The summed E-state index contributed by atoms with van der Waals surface area (Å²) in [4.78, 5) is 7.38. The van der Waals surface area contributed by atoms with Crippen LogP contribution in [0.1, 0.15) is 5.82 Å². The molecule has 0 saturated carbocycles. The summed E-state index contributed by atoms with van der Waals surface area (Å²) in [7, 11) is -2.18. The SMILES string of the molecule is CS(C)(=O)=Nc1cnc(C#N)nc1. The second-order valence-electron chi connectivity index (χ2n) is 2.65. The van der Waals surface area contributed by atoms with Crippen LogP contribution in [0.3, 0.4) is 0 Å². The van der Waals surface area contributed by atoms with Crippen LogP contribution in [0.25, 0.3) is 0 Å². The fourth-order valence-electron chi connectivity index (χ4n) is 0.680. The van der Waals surface area contributed by atoms with Gasteiger partial charge in [0.25, 0.3) is 0 Å². The molecule has 0 saturated heterocycles. The van der Waals surface area contributed by atoms with Crippen molar-refractivity contribution in [1.29, 1.82) is 5.26 Å². The van der Waals surface area contributed by atoms with Crippen LogP contribution in [-0.2, 0) is 9.73 Å². The molecule has 68 valence electrons. The van der Waals surface area contributed by atoms with Gasteiger partial charge in [-0.25, -0.2) is 14.2 Å².